The minimum Gasteiger partial charge on any atom is -0.326 e. The van der Waals surface area contributed by atoms with E-state index in [0.29, 0.717) is 5.78 Å². The van der Waals surface area contributed by atoms with Crippen LogP contribution in [0.2, 0.25) is 0 Å². The first-order chi connectivity index (χ1) is 7.54. The number of rotatable bonds is 8. The fraction of sp³-hybridized carbons (Fsp3) is 0.909. The van der Waals surface area contributed by atoms with E-state index in [-0.39, 0.29) is 0 Å². The van der Waals surface area contributed by atoms with Gasteiger partial charge in [-0.2, -0.15) is 0 Å². The molecule has 0 fully saturated rings. The van der Waals surface area contributed by atoms with E-state index in [9.17, 15) is 4.79 Å². The highest BCUT2D eigenvalue weighted by atomic mass is 31.1. The molecule has 4 nitrogen and oxygen atoms in total. The molecule has 0 radical (unpaired) electrons. The van der Waals surface area contributed by atoms with Crippen molar-refractivity contribution in [2.45, 2.75) is 65.2 Å². The van der Waals surface area contributed by atoms with Gasteiger partial charge in [-0.15, -0.1) is 0 Å². The fourth-order valence-corrected chi connectivity index (χ4v) is 1.27. The molecule has 16 heavy (non-hydrogen) atoms. The monoisotopic (exact) mass is 252 g/mol. The van der Waals surface area contributed by atoms with Crippen molar-refractivity contribution in [2.24, 2.45) is 0 Å². The molecule has 0 spiro atoms. The maximum absolute atomic E-state index is 11.2. The van der Waals surface area contributed by atoms with Gasteiger partial charge >= 0.3 is 8.25 Å². The number of hydrogen-bond acceptors (Lipinski definition) is 2. The van der Waals surface area contributed by atoms with E-state index in [1.54, 1.807) is 0 Å². The molecule has 0 aliphatic rings. The minimum absolute atomic E-state index is 0.469. The fourth-order valence-electron chi connectivity index (χ4n) is 1.27. The van der Waals surface area contributed by atoms with Crippen LogP contribution in [0.4, 0.5) is 0 Å². The van der Waals surface area contributed by atoms with Crippen LogP contribution in [0.3, 0.4) is 0 Å². The lowest BCUT2D eigenvalue weighted by molar-refractivity contribution is -0.119. The summed E-state index contributed by atoms with van der Waals surface area (Å²) in [4.78, 5) is 25.5. The van der Waals surface area contributed by atoms with Gasteiger partial charge in [0.05, 0.1) is 0 Å². The van der Waals surface area contributed by atoms with Crippen LogP contribution >= 0.6 is 8.25 Å². The summed E-state index contributed by atoms with van der Waals surface area (Å²) in [5.74, 6) is 0.469. The first-order valence-electron chi connectivity index (χ1n) is 5.98. The largest absolute Gasteiger partial charge is 0.326 e. The Kier molecular flexibility index (Phi) is 16.9. The van der Waals surface area contributed by atoms with E-state index < -0.39 is 8.25 Å². The van der Waals surface area contributed by atoms with Crippen molar-refractivity contribution < 1.29 is 19.1 Å². The SMILES string of the molecule is CCCCCC(=O)CCCCC.O=[PH](O)O. The first-order valence-corrected chi connectivity index (χ1v) is 7.28. The molecule has 0 bridgehead atoms. The lowest BCUT2D eigenvalue weighted by atomic mass is 10.1. The summed E-state index contributed by atoms with van der Waals surface area (Å²) >= 11 is 0. The van der Waals surface area contributed by atoms with Crippen LogP contribution in [0.25, 0.3) is 0 Å². The van der Waals surface area contributed by atoms with Gasteiger partial charge in [-0.3, -0.25) is 9.36 Å². The summed E-state index contributed by atoms with van der Waals surface area (Å²) < 4.78 is 8.74. The van der Waals surface area contributed by atoms with Crippen molar-refractivity contribution in [1.29, 1.82) is 0 Å². The molecule has 2 N–H and O–H groups in total. The topological polar surface area (TPSA) is 74.6 Å². The molecule has 5 heteroatoms. The molecule has 98 valence electrons. The predicted molar refractivity (Wildman–Crippen MR) is 66.7 cm³/mol. The molecular formula is C11H25O4P. The molecule has 0 saturated heterocycles. The highest BCUT2D eigenvalue weighted by molar-refractivity contribution is 7.30. The van der Waals surface area contributed by atoms with Gasteiger partial charge in [0.25, 0.3) is 0 Å². The van der Waals surface area contributed by atoms with Crippen molar-refractivity contribution in [3.63, 3.8) is 0 Å². The number of Topliss-reactive ketones (excluding diaryl/α,β-unsaturated/α-hetero) is 1. The maximum atomic E-state index is 11.2. The molecule has 0 heterocycles. The predicted octanol–water partition coefficient (Wildman–Crippen LogP) is 3.08. The normalized spacial score (nSPS) is 9.81. The van der Waals surface area contributed by atoms with Crippen LogP contribution in [-0.2, 0) is 9.36 Å². The van der Waals surface area contributed by atoms with Crippen LogP contribution in [0.1, 0.15) is 65.2 Å². The molecular weight excluding hydrogens is 227 g/mol. The second-order valence-electron chi connectivity index (χ2n) is 3.74. The maximum Gasteiger partial charge on any atom is 0.314 e. The average Bonchev–Trinajstić information content (AvgIpc) is 2.18. The summed E-state index contributed by atoms with van der Waals surface area (Å²) in [6.07, 6.45) is 8.67. The zero-order valence-corrected chi connectivity index (χ0v) is 11.4. The molecule has 0 aliphatic heterocycles. The van der Waals surface area contributed by atoms with E-state index in [1.807, 2.05) is 0 Å². The quantitative estimate of drug-likeness (QED) is 0.514. The zero-order chi connectivity index (χ0) is 12.8. The summed E-state index contributed by atoms with van der Waals surface area (Å²) in [5.41, 5.74) is 0. The van der Waals surface area contributed by atoms with Gasteiger partial charge in [0.1, 0.15) is 5.78 Å². The second kappa shape index (κ2) is 14.8. The Morgan fingerprint density at radius 2 is 1.25 bits per heavy atom. The molecule has 0 aromatic carbocycles. The Balaban J connectivity index is 0. The van der Waals surface area contributed by atoms with Crippen LogP contribution in [-0.4, -0.2) is 15.6 Å². The van der Waals surface area contributed by atoms with Gasteiger partial charge in [0, 0.05) is 12.8 Å². The van der Waals surface area contributed by atoms with Crippen molar-refractivity contribution in [3.8, 4) is 0 Å². The molecule has 0 amide bonds. The van der Waals surface area contributed by atoms with Crippen LogP contribution in [0, 0.1) is 0 Å². The summed E-state index contributed by atoms with van der Waals surface area (Å²) in [6, 6.07) is 0. The highest BCUT2D eigenvalue weighted by Gasteiger charge is 1.99. The first kappa shape index (κ1) is 18.2. The van der Waals surface area contributed by atoms with E-state index in [4.69, 9.17) is 14.4 Å². The van der Waals surface area contributed by atoms with E-state index in [1.165, 1.54) is 25.7 Å². The number of unbranched alkanes of at least 4 members (excludes halogenated alkanes) is 4. The zero-order valence-electron chi connectivity index (χ0n) is 10.4. The number of hydrogen-bond donors (Lipinski definition) is 2. The summed E-state index contributed by atoms with van der Waals surface area (Å²) in [5, 5.41) is 0. The highest BCUT2D eigenvalue weighted by Crippen LogP contribution is 2.05. The third-order valence-corrected chi connectivity index (χ3v) is 2.12. The minimum atomic E-state index is -3.13. The third kappa shape index (κ3) is 23.6. The van der Waals surface area contributed by atoms with Gasteiger partial charge in [-0.1, -0.05) is 39.5 Å². The van der Waals surface area contributed by atoms with E-state index >= 15 is 0 Å². The summed E-state index contributed by atoms with van der Waals surface area (Å²) in [7, 11) is -3.13. The third-order valence-electron chi connectivity index (χ3n) is 2.12. The molecule has 0 aromatic heterocycles. The molecule has 0 unspecified atom stereocenters. The Labute approximate surface area is 99.0 Å². The van der Waals surface area contributed by atoms with Gasteiger partial charge < -0.3 is 9.79 Å². The summed E-state index contributed by atoms with van der Waals surface area (Å²) in [6.45, 7) is 4.34. The Hall–Kier alpha value is -0.180. The van der Waals surface area contributed by atoms with Gasteiger partial charge in [0.2, 0.25) is 0 Å². The molecule has 0 aromatic rings. The average molecular weight is 252 g/mol. The Morgan fingerprint density at radius 1 is 0.938 bits per heavy atom. The number of carbonyl (C=O) groups is 1. The molecule has 0 atom stereocenters. The number of ketones is 1. The van der Waals surface area contributed by atoms with Crippen LogP contribution in [0.5, 0.6) is 0 Å². The lowest BCUT2D eigenvalue weighted by Gasteiger charge is -1.98. The van der Waals surface area contributed by atoms with Crippen molar-refractivity contribution >= 4 is 14.0 Å². The van der Waals surface area contributed by atoms with Gasteiger partial charge in [-0.25, -0.2) is 0 Å². The van der Waals surface area contributed by atoms with E-state index in [0.717, 1.165) is 25.7 Å². The van der Waals surface area contributed by atoms with Gasteiger partial charge in [0.15, 0.2) is 0 Å². The molecule has 0 saturated carbocycles. The smallest absolute Gasteiger partial charge is 0.314 e. The Bertz CT molecular complexity index is 167. The van der Waals surface area contributed by atoms with Crippen molar-refractivity contribution in [3.05, 3.63) is 0 Å². The van der Waals surface area contributed by atoms with Crippen LogP contribution < -0.4 is 0 Å². The molecule has 0 aliphatic carbocycles. The molecule has 0 rings (SSSR count). The van der Waals surface area contributed by atoms with Gasteiger partial charge in [-0.05, 0) is 12.8 Å². The second-order valence-corrected chi connectivity index (χ2v) is 4.30. The standard InChI is InChI=1S/C11H22O.H3O3P/c1-3-5-7-9-11(12)10-8-6-4-2;1-4(2)3/h3-10H2,1-2H3;4H,(H2,1,2,3). The van der Waals surface area contributed by atoms with Crippen molar-refractivity contribution in [2.75, 3.05) is 0 Å². The van der Waals surface area contributed by atoms with E-state index in [2.05, 4.69) is 13.8 Å². The Morgan fingerprint density at radius 3 is 1.50 bits per heavy atom. The number of carbonyl (C=O) groups excluding carboxylic acids is 1. The van der Waals surface area contributed by atoms with Crippen molar-refractivity contribution in [1.82, 2.24) is 0 Å². The lowest BCUT2D eigenvalue weighted by Crippen LogP contribution is -1.96. The van der Waals surface area contributed by atoms with Crippen LogP contribution in [0.15, 0.2) is 0 Å².